The lowest BCUT2D eigenvalue weighted by Crippen LogP contribution is -2.37. The van der Waals surface area contributed by atoms with Crippen molar-refractivity contribution in [2.75, 3.05) is 19.6 Å². The van der Waals surface area contributed by atoms with Gasteiger partial charge in [0.15, 0.2) is 5.96 Å². The Bertz CT molecular complexity index is 424. The van der Waals surface area contributed by atoms with Crippen molar-refractivity contribution < 1.29 is 8.78 Å². The highest BCUT2D eigenvalue weighted by atomic mass is 19.1. The summed E-state index contributed by atoms with van der Waals surface area (Å²) in [6, 6.07) is 3.86. The van der Waals surface area contributed by atoms with Crippen molar-refractivity contribution in [2.45, 2.75) is 13.3 Å². The number of rotatable bonds is 6. The van der Waals surface area contributed by atoms with Gasteiger partial charge in [-0.1, -0.05) is 12.1 Å². The van der Waals surface area contributed by atoms with Crippen molar-refractivity contribution in [1.82, 2.24) is 10.6 Å². The van der Waals surface area contributed by atoms with Crippen molar-refractivity contribution in [2.24, 2.45) is 4.99 Å². The molecular weight excluding hydrogens is 248 g/mol. The lowest BCUT2D eigenvalue weighted by atomic mass is 10.1. The van der Waals surface area contributed by atoms with Gasteiger partial charge in [-0.2, -0.15) is 0 Å². The maximum absolute atomic E-state index is 13.4. The normalized spacial score (nSPS) is 11.2. The Morgan fingerprint density at radius 2 is 2.00 bits per heavy atom. The van der Waals surface area contributed by atoms with E-state index in [1.54, 1.807) is 6.08 Å². The zero-order chi connectivity index (χ0) is 14.1. The van der Waals surface area contributed by atoms with Crippen molar-refractivity contribution >= 4 is 5.96 Å². The Morgan fingerprint density at radius 1 is 1.32 bits per heavy atom. The average molecular weight is 267 g/mol. The van der Waals surface area contributed by atoms with Gasteiger partial charge in [0.25, 0.3) is 0 Å². The van der Waals surface area contributed by atoms with Crippen LogP contribution in [0, 0.1) is 11.6 Å². The monoisotopic (exact) mass is 267 g/mol. The second kappa shape index (κ2) is 8.24. The molecule has 0 fully saturated rings. The summed E-state index contributed by atoms with van der Waals surface area (Å²) in [7, 11) is 0. The van der Waals surface area contributed by atoms with Gasteiger partial charge >= 0.3 is 0 Å². The number of hydrogen-bond acceptors (Lipinski definition) is 1. The number of aliphatic imine (C=N–C) groups is 1. The molecule has 0 radical (unpaired) electrons. The van der Waals surface area contributed by atoms with E-state index in [0.717, 1.165) is 6.54 Å². The van der Waals surface area contributed by atoms with Crippen LogP contribution in [0.25, 0.3) is 0 Å². The van der Waals surface area contributed by atoms with Gasteiger partial charge in [-0.15, -0.1) is 6.58 Å². The highest BCUT2D eigenvalue weighted by Crippen LogP contribution is 2.12. The number of hydrogen-bond donors (Lipinski definition) is 2. The molecule has 0 aromatic heterocycles. The number of guanidine groups is 1. The van der Waals surface area contributed by atoms with E-state index in [0.29, 0.717) is 19.0 Å². The zero-order valence-corrected chi connectivity index (χ0v) is 11.0. The molecule has 0 aliphatic rings. The van der Waals surface area contributed by atoms with Crippen LogP contribution in [0.2, 0.25) is 0 Å². The number of benzene rings is 1. The van der Waals surface area contributed by atoms with Gasteiger partial charge in [-0.25, -0.2) is 8.78 Å². The molecule has 0 spiro atoms. The molecular formula is C14H19F2N3. The zero-order valence-electron chi connectivity index (χ0n) is 11.0. The van der Waals surface area contributed by atoms with Crippen LogP contribution >= 0.6 is 0 Å². The molecule has 0 saturated carbocycles. The molecule has 0 bridgehead atoms. The topological polar surface area (TPSA) is 36.4 Å². The van der Waals surface area contributed by atoms with Gasteiger partial charge < -0.3 is 10.6 Å². The molecule has 3 nitrogen and oxygen atoms in total. The number of halogens is 2. The Balaban J connectivity index is 2.60. The third kappa shape index (κ3) is 5.07. The molecule has 0 amide bonds. The molecule has 1 aromatic rings. The smallest absolute Gasteiger partial charge is 0.191 e. The number of nitrogens with zero attached hydrogens (tertiary/aromatic N) is 1. The molecule has 0 saturated heterocycles. The lowest BCUT2D eigenvalue weighted by molar-refractivity contribution is 0.555. The predicted molar refractivity (Wildman–Crippen MR) is 74.2 cm³/mol. The van der Waals surface area contributed by atoms with Gasteiger partial charge in [-0.3, -0.25) is 4.99 Å². The van der Waals surface area contributed by atoms with Gasteiger partial charge in [0.1, 0.15) is 11.6 Å². The fourth-order valence-corrected chi connectivity index (χ4v) is 1.56. The van der Waals surface area contributed by atoms with Gasteiger partial charge in [0.05, 0.1) is 0 Å². The molecule has 2 N–H and O–H groups in total. The van der Waals surface area contributed by atoms with Crippen LogP contribution in [-0.4, -0.2) is 25.6 Å². The van der Waals surface area contributed by atoms with E-state index in [1.165, 1.54) is 18.2 Å². The fraction of sp³-hybridized carbons (Fsp3) is 0.357. The first kappa shape index (κ1) is 15.1. The minimum absolute atomic E-state index is 0.0748. The second-order valence-corrected chi connectivity index (χ2v) is 3.88. The Labute approximate surface area is 112 Å². The van der Waals surface area contributed by atoms with Crippen LogP contribution in [0.3, 0.4) is 0 Å². The van der Waals surface area contributed by atoms with E-state index in [-0.39, 0.29) is 12.0 Å². The number of nitrogens with one attached hydrogen (secondary N) is 2. The van der Waals surface area contributed by atoms with Crippen molar-refractivity contribution in [1.29, 1.82) is 0 Å². The maximum Gasteiger partial charge on any atom is 0.191 e. The molecule has 0 heterocycles. The summed E-state index contributed by atoms with van der Waals surface area (Å²) < 4.78 is 26.8. The highest BCUT2D eigenvalue weighted by Gasteiger charge is 2.07. The fourth-order valence-electron chi connectivity index (χ4n) is 1.56. The summed E-state index contributed by atoms with van der Waals surface area (Å²) in [5.41, 5.74) is 0.0748. The van der Waals surface area contributed by atoms with Crippen LogP contribution in [0.4, 0.5) is 8.78 Å². The van der Waals surface area contributed by atoms with Gasteiger partial charge in [-0.05, 0) is 25.5 Å². The largest absolute Gasteiger partial charge is 0.357 e. The molecule has 19 heavy (non-hydrogen) atoms. The Morgan fingerprint density at radius 3 is 2.58 bits per heavy atom. The summed E-state index contributed by atoms with van der Waals surface area (Å²) in [4.78, 5) is 4.24. The first-order valence-electron chi connectivity index (χ1n) is 6.25. The molecule has 1 rings (SSSR count). The third-order valence-electron chi connectivity index (χ3n) is 2.45. The maximum atomic E-state index is 13.4. The van der Waals surface area contributed by atoms with Crippen molar-refractivity contribution in [3.05, 3.63) is 48.1 Å². The molecule has 5 heteroatoms. The van der Waals surface area contributed by atoms with E-state index in [9.17, 15) is 8.78 Å². The van der Waals surface area contributed by atoms with Crippen LogP contribution < -0.4 is 10.6 Å². The highest BCUT2D eigenvalue weighted by molar-refractivity contribution is 5.79. The Kier molecular flexibility index (Phi) is 6.57. The van der Waals surface area contributed by atoms with E-state index in [4.69, 9.17) is 0 Å². The van der Waals surface area contributed by atoms with Crippen LogP contribution in [0.1, 0.15) is 12.5 Å². The predicted octanol–water partition coefficient (Wildman–Crippen LogP) is 2.25. The first-order chi connectivity index (χ1) is 9.19. The molecule has 104 valence electrons. The average Bonchev–Trinajstić information content (AvgIpc) is 2.39. The molecule has 0 atom stereocenters. The SMILES string of the molecule is C=CCNC(=NCCc1c(F)cccc1F)NCC. The van der Waals surface area contributed by atoms with E-state index >= 15 is 0 Å². The van der Waals surface area contributed by atoms with Gasteiger partial charge in [0.2, 0.25) is 0 Å². The van der Waals surface area contributed by atoms with Crippen molar-refractivity contribution in [3.8, 4) is 0 Å². The first-order valence-corrected chi connectivity index (χ1v) is 6.25. The van der Waals surface area contributed by atoms with Crippen LogP contribution in [0.15, 0.2) is 35.8 Å². The summed E-state index contributed by atoms with van der Waals surface area (Å²) in [5, 5.41) is 6.06. The summed E-state index contributed by atoms with van der Waals surface area (Å²) >= 11 is 0. The molecule has 0 unspecified atom stereocenters. The minimum atomic E-state index is -0.528. The molecule has 0 aliphatic heterocycles. The van der Waals surface area contributed by atoms with Crippen LogP contribution in [0.5, 0.6) is 0 Å². The van der Waals surface area contributed by atoms with E-state index in [2.05, 4.69) is 22.2 Å². The third-order valence-corrected chi connectivity index (χ3v) is 2.45. The van der Waals surface area contributed by atoms with Crippen LogP contribution in [-0.2, 0) is 6.42 Å². The lowest BCUT2D eigenvalue weighted by Gasteiger charge is -2.09. The molecule has 1 aromatic carbocycles. The van der Waals surface area contributed by atoms with E-state index in [1.807, 2.05) is 6.92 Å². The summed E-state index contributed by atoms with van der Waals surface area (Å²) in [6.45, 7) is 7.16. The summed E-state index contributed by atoms with van der Waals surface area (Å²) in [5.74, 6) is -0.447. The molecule has 0 aliphatic carbocycles. The Hall–Kier alpha value is -1.91. The summed E-state index contributed by atoms with van der Waals surface area (Å²) in [6.07, 6.45) is 1.94. The van der Waals surface area contributed by atoms with Crippen molar-refractivity contribution in [3.63, 3.8) is 0 Å². The standard InChI is InChI=1S/C14H19F2N3/c1-3-9-18-14(17-4-2)19-10-8-11-12(15)6-5-7-13(11)16/h3,5-7H,1,4,8-10H2,2H3,(H2,17,18,19). The van der Waals surface area contributed by atoms with E-state index < -0.39 is 11.6 Å². The minimum Gasteiger partial charge on any atom is -0.357 e. The quantitative estimate of drug-likeness (QED) is 0.471. The van der Waals surface area contributed by atoms with Gasteiger partial charge in [0, 0.05) is 25.2 Å². The second-order valence-electron chi connectivity index (χ2n) is 3.88.